The van der Waals surface area contributed by atoms with Gasteiger partial charge in [0.2, 0.25) is 0 Å². The van der Waals surface area contributed by atoms with Crippen molar-refractivity contribution in [3.63, 3.8) is 0 Å². The van der Waals surface area contributed by atoms with Crippen LogP contribution in [0.5, 0.6) is 0 Å². The first-order valence-corrected chi connectivity index (χ1v) is 24.4. The van der Waals surface area contributed by atoms with E-state index >= 15 is 0 Å². The molecule has 12 aromatic rings. The number of nitrogens with zero attached hydrogens (tertiary/aromatic N) is 8. The number of rotatable bonds is 7. The lowest BCUT2D eigenvalue weighted by Gasteiger charge is -2.21. The second-order valence-corrected chi connectivity index (χ2v) is 18.7. The molecule has 11 heteroatoms. The van der Waals surface area contributed by atoms with Gasteiger partial charge < -0.3 is 9.13 Å². The summed E-state index contributed by atoms with van der Waals surface area (Å²) in [7, 11) is 0. The molecule has 0 aliphatic rings. The van der Waals surface area contributed by atoms with Crippen molar-refractivity contribution in [2.75, 3.05) is 0 Å². The molecule has 2 aromatic heterocycles. The van der Waals surface area contributed by atoms with Gasteiger partial charge in [-0.3, -0.25) is 0 Å². The van der Waals surface area contributed by atoms with Gasteiger partial charge in [-0.05, 0) is 171 Å². The predicted molar refractivity (Wildman–Crippen MR) is 296 cm³/mol. The van der Waals surface area contributed by atoms with Crippen molar-refractivity contribution in [3.05, 3.63) is 239 Å². The monoisotopic (exact) mass is 1010 g/mol. The predicted octanol–water partition coefficient (Wildman–Crippen LogP) is 16.5. The van der Waals surface area contributed by atoms with Crippen LogP contribution < -0.4 is 0 Å². The average molecular weight is 1010 g/mol. The van der Waals surface area contributed by atoms with Gasteiger partial charge in [-0.2, -0.15) is 44.7 Å². The maximum Gasteiger partial charge on any atom is 0.416 e. The van der Waals surface area contributed by atoms with Crippen LogP contribution in [-0.4, -0.2) is 9.13 Å². The first-order valence-electron chi connectivity index (χ1n) is 24.4. The molecule has 362 valence electrons. The Morgan fingerprint density at radius 1 is 0.295 bits per heavy atom. The highest BCUT2D eigenvalue weighted by Crippen LogP contribution is 2.46. The van der Waals surface area contributed by atoms with Gasteiger partial charge in [0.1, 0.15) is 11.6 Å². The lowest BCUT2D eigenvalue weighted by molar-refractivity contribution is -0.137. The summed E-state index contributed by atoms with van der Waals surface area (Å²) in [6.07, 6.45) is -4.81. The van der Waals surface area contributed by atoms with E-state index in [0.29, 0.717) is 39.0 Å². The van der Waals surface area contributed by atoms with E-state index in [1.165, 1.54) is 6.07 Å². The molecule has 0 saturated carbocycles. The normalized spacial score (nSPS) is 11.2. The molecule has 0 unspecified atom stereocenters. The zero-order chi connectivity index (χ0) is 53.8. The van der Waals surface area contributed by atoms with Crippen LogP contribution >= 0.6 is 0 Å². The van der Waals surface area contributed by atoms with Crippen LogP contribution in [0.25, 0.3) is 111 Å². The summed E-state index contributed by atoms with van der Waals surface area (Å²) >= 11 is 0. The summed E-state index contributed by atoms with van der Waals surface area (Å²) in [6.45, 7) is 0. The summed E-state index contributed by atoms with van der Waals surface area (Å²) in [5.74, 6) is 0. The minimum Gasteiger partial charge on any atom is -0.308 e. The standard InChI is InChI=1S/C67H33F3N8/c68-67(69,70)54-28-44(38-75)27-53(29-54)55-21-26-65(77-61-22-17-49(45-9-1-40(34-71)2-10-45)30-56(61)57-31-50(18-23-62(57)77)46-11-3-41(35-72)4-12-46)60(39-76)66(55)78-63-24-19-51(47-13-5-42(36-73)6-14-47)32-58(63)59-33-52(20-25-64(59)78)48-15-7-43(37-74)8-16-48/h1-33H. The summed E-state index contributed by atoms with van der Waals surface area (Å²) in [5, 5.41) is 63.6. The van der Waals surface area contributed by atoms with E-state index in [4.69, 9.17) is 0 Å². The van der Waals surface area contributed by atoms with Crippen LogP contribution in [0.15, 0.2) is 200 Å². The molecule has 78 heavy (non-hydrogen) atoms. The molecule has 12 rings (SSSR count). The number of hydrogen-bond donors (Lipinski definition) is 0. The van der Waals surface area contributed by atoms with Crippen LogP contribution in [0.4, 0.5) is 13.2 Å². The Kier molecular flexibility index (Phi) is 11.4. The van der Waals surface area contributed by atoms with Gasteiger partial charge in [0, 0.05) is 27.1 Å². The fourth-order valence-corrected chi connectivity index (χ4v) is 10.6. The van der Waals surface area contributed by atoms with E-state index in [9.17, 15) is 44.7 Å². The van der Waals surface area contributed by atoms with Gasteiger partial charge in [-0.25, -0.2) is 0 Å². The van der Waals surface area contributed by atoms with Gasteiger partial charge in [-0.15, -0.1) is 0 Å². The van der Waals surface area contributed by atoms with Crippen LogP contribution in [-0.2, 0) is 6.18 Å². The second-order valence-electron chi connectivity index (χ2n) is 18.7. The third kappa shape index (κ3) is 8.08. The minimum atomic E-state index is -4.81. The van der Waals surface area contributed by atoms with E-state index in [0.717, 1.165) is 89.2 Å². The van der Waals surface area contributed by atoms with Crippen LogP contribution in [0.1, 0.15) is 38.9 Å². The third-order valence-corrected chi connectivity index (χ3v) is 14.4. The van der Waals surface area contributed by atoms with Gasteiger partial charge in [0.05, 0.1) is 97.2 Å². The number of hydrogen-bond acceptors (Lipinski definition) is 6. The molecule has 10 aromatic carbocycles. The Morgan fingerprint density at radius 3 is 0.949 bits per heavy atom. The summed E-state index contributed by atoms with van der Waals surface area (Å²) in [6, 6.07) is 72.6. The Hall–Kier alpha value is -11.5. The molecule has 0 aliphatic carbocycles. The van der Waals surface area contributed by atoms with Crippen molar-refractivity contribution < 1.29 is 13.2 Å². The number of aromatic nitrogens is 2. The molecule has 8 nitrogen and oxygen atoms in total. The largest absolute Gasteiger partial charge is 0.416 e. The number of alkyl halides is 3. The quantitative estimate of drug-likeness (QED) is 0.155. The molecule has 0 bridgehead atoms. The molecule has 0 radical (unpaired) electrons. The lowest BCUT2D eigenvalue weighted by atomic mass is 9.95. The molecular formula is C67H33F3N8. The van der Waals surface area contributed by atoms with Crippen LogP contribution in [0, 0.1) is 68.0 Å². The fraction of sp³-hybridized carbons (Fsp3) is 0.0149. The van der Waals surface area contributed by atoms with E-state index in [1.807, 2.05) is 124 Å². The topological polar surface area (TPSA) is 153 Å². The molecule has 0 spiro atoms. The number of nitriles is 6. The van der Waals surface area contributed by atoms with Gasteiger partial charge >= 0.3 is 6.18 Å². The molecule has 0 atom stereocenters. The second kappa shape index (κ2) is 18.8. The van der Waals surface area contributed by atoms with Crippen molar-refractivity contribution in [1.29, 1.82) is 31.6 Å². The third-order valence-electron chi connectivity index (χ3n) is 14.4. The molecule has 0 aliphatic heterocycles. The Bertz CT molecular complexity index is 4520. The van der Waals surface area contributed by atoms with Crippen molar-refractivity contribution in [1.82, 2.24) is 9.13 Å². The van der Waals surface area contributed by atoms with E-state index < -0.39 is 11.7 Å². The minimum absolute atomic E-state index is 0.0687. The van der Waals surface area contributed by atoms with Gasteiger partial charge in [-0.1, -0.05) is 78.9 Å². The number of benzene rings is 10. The van der Waals surface area contributed by atoms with Crippen molar-refractivity contribution in [2.24, 2.45) is 0 Å². The Balaban J connectivity index is 1.19. The van der Waals surface area contributed by atoms with Crippen molar-refractivity contribution in [3.8, 4) is 103 Å². The zero-order valence-electron chi connectivity index (χ0n) is 40.8. The molecule has 0 N–H and O–H groups in total. The van der Waals surface area contributed by atoms with E-state index in [1.54, 1.807) is 60.7 Å². The average Bonchev–Trinajstić information content (AvgIpc) is 4.22. The first-order chi connectivity index (χ1) is 38.0. The lowest BCUT2D eigenvalue weighted by Crippen LogP contribution is -2.08. The zero-order valence-corrected chi connectivity index (χ0v) is 40.8. The van der Waals surface area contributed by atoms with Crippen LogP contribution in [0.3, 0.4) is 0 Å². The highest BCUT2D eigenvalue weighted by Gasteiger charge is 2.33. The molecular weight excluding hydrogens is 974 g/mol. The van der Waals surface area contributed by atoms with Crippen LogP contribution in [0.2, 0.25) is 0 Å². The summed E-state index contributed by atoms with van der Waals surface area (Å²) in [4.78, 5) is 0. The molecule has 0 saturated heterocycles. The highest BCUT2D eigenvalue weighted by molar-refractivity contribution is 6.14. The highest BCUT2D eigenvalue weighted by atomic mass is 19.4. The maximum atomic E-state index is 14.8. The van der Waals surface area contributed by atoms with E-state index in [-0.39, 0.29) is 27.9 Å². The smallest absolute Gasteiger partial charge is 0.308 e. The number of fused-ring (bicyclic) bond motifs is 6. The number of halogens is 3. The van der Waals surface area contributed by atoms with E-state index in [2.05, 4.69) is 42.5 Å². The van der Waals surface area contributed by atoms with Gasteiger partial charge in [0.25, 0.3) is 0 Å². The maximum absolute atomic E-state index is 14.8. The summed E-state index contributed by atoms with van der Waals surface area (Å²) < 4.78 is 48.4. The SMILES string of the molecule is N#Cc1ccc(-c2ccc3c(c2)c2cc(-c4ccc(C#N)cc4)ccc2n3-c2ccc(-c3cc(C#N)cc(C(F)(F)F)c3)c(-n3c4ccc(-c5ccc(C#N)cc5)cc4c4cc(-c5ccc(C#N)cc5)ccc43)c2C#N)cc1. The molecule has 2 heterocycles. The van der Waals surface area contributed by atoms with Crippen molar-refractivity contribution >= 4 is 43.6 Å². The molecule has 0 amide bonds. The molecule has 0 fully saturated rings. The van der Waals surface area contributed by atoms with Crippen molar-refractivity contribution in [2.45, 2.75) is 6.18 Å². The Morgan fingerprint density at radius 2 is 0.628 bits per heavy atom. The first kappa shape index (κ1) is 47.5. The van der Waals surface area contributed by atoms with Gasteiger partial charge in [0.15, 0.2) is 0 Å². The summed E-state index contributed by atoms with van der Waals surface area (Å²) in [5.41, 5.74) is 11.5. The Labute approximate surface area is 444 Å². The fourth-order valence-electron chi connectivity index (χ4n) is 10.6.